The Kier molecular flexibility index (Phi) is 8.62. The predicted molar refractivity (Wildman–Crippen MR) is 59.5 cm³/mol. The second-order valence-electron chi connectivity index (χ2n) is 3.46. The van der Waals surface area contributed by atoms with E-state index < -0.39 is 12.1 Å². The second kappa shape index (κ2) is 7.77. The number of amides is 3. The normalized spacial score (nSPS) is 20.6. The van der Waals surface area contributed by atoms with Gasteiger partial charge < -0.3 is 27.8 Å². The van der Waals surface area contributed by atoms with E-state index in [1.807, 2.05) is 0 Å². The largest absolute Gasteiger partial charge is 0.642 e. The maximum Gasteiger partial charge on any atom is 0.242 e. The van der Waals surface area contributed by atoms with Crippen LogP contribution in [0.25, 0.3) is 5.32 Å². The van der Waals surface area contributed by atoms with Crippen LogP contribution in [-0.2, 0) is 47.1 Å². The van der Waals surface area contributed by atoms with Crippen LogP contribution in [0.5, 0.6) is 0 Å². The van der Waals surface area contributed by atoms with Gasteiger partial charge in [-0.25, -0.2) is 0 Å². The minimum Gasteiger partial charge on any atom is -0.642 e. The Morgan fingerprint density at radius 2 is 2.06 bits per heavy atom. The van der Waals surface area contributed by atoms with Crippen molar-refractivity contribution >= 4 is 17.7 Å². The molecule has 1 fully saturated rings. The quantitative estimate of drug-likeness (QED) is 0.710. The van der Waals surface area contributed by atoms with Crippen molar-refractivity contribution in [2.75, 3.05) is 13.6 Å². The number of rotatable bonds is 2. The topological polar surface area (TPSA) is 80.6 Å². The van der Waals surface area contributed by atoms with Crippen LogP contribution in [0.2, 0.25) is 0 Å². The summed E-state index contributed by atoms with van der Waals surface area (Å²) in [7, 11) is 1.49. The minimum absolute atomic E-state index is 0. The van der Waals surface area contributed by atoms with Gasteiger partial charge in [0.25, 0.3) is 0 Å². The van der Waals surface area contributed by atoms with E-state index in [2.05, 4.69) is 10.6 Å². The molecule has 0 aromatic carbocycles. The van der Waals surface area contributed by atoms with Crippen LogP contribution < -0.4 is 5.32 Å². The van der Waals surface area contributed by atoms with Gasteiger partial charge in [-0.2, -0.15) is 0 Å². The minimum atomic E-state index is -0.682. The Labute approximate surface area is 127 Å². The van der Waals surface area contributed by atoms with Gasteiger partial charge in [0.15, 0.2) is 0 Å². The Bertz CT molecular complexity index is 309. The molecule has 0 spiro atoms. The van der Waals surface area contributed by atoms with Crippen LogP contribution in [0, 0.1) is 7.43 Å². The van der Waals surface area contributed by atoms with Gasteiger partial charge in [0.05, 0.1) is 12.5 Å². The predicted octanol–water partition coefficient (Wildman–Crippen LogP) is -0.300. The van der Waals surface area contributed by atoms with Crippen LogP contribution in [0.1, 0.15) is 13.8 Å². The van der Waals surface area contributed by atoms with Gasteiger partial charge in [0, 0.05) is 39.8 Å². The Hall–Kier alpha value is -0.486. The summed E-state index contributed by atoms with van der Waals surface area (Å²) in [5, 5.41) is 6.06. The third-order valence-electron chi connectivity index (χ3n) is 2.38. The first-order chi connectivity index (χ1) is 6.97. The monoisotopic (exact) mass is 316 g/mol. The molecule has 1 saturated heterocycles. The van der Waals surface area contributed by atoms with Crippen LogP contribution >= 0.6 is 0 Å². The first-order valence-electron chi connectivity index (χ1n) is 4.73. The third kappa shape index (κ3) is 4.35. The van der Waals surface area contributed by atoms with Crippen LogP contribution in [0.3, 0.4) is 0 Å². The zero-order chi connectivity index (χ0) is 11.6. The number of nitrogens with one attached hydrogen (secondary N) is 1. The Morgan fingerprint density at radius 1 is 1.53 bits per heavy atom. The summed E-state index contributed by atoms with van der Waals surface area (Å²) < 4.78 is 0. The molecular formula is C10H17N3O3Y-2. The molecule has 0 aromatic rings. The van der Waals surface area contributed by atoms with E-state index in [0.717, 1.165) is 0 Å². The maximum absolute atomic E-state index is 11.6. The second-order valence-corrected chi connectivity index (χ2v) is 3.46. The number of hydrogen-bond donors (Lipinski definition) is 1. The molecule has 1 aliphatic heterocycles. The third-order valence-corrected chi connectivity index (χ3v) is 2.38. The fourth-order valence-corrected chi connectivity index (χ4v) is 1.45. The molecule has 1 rings (SSSR count). The van der Waals surface area contributed by atoms with Crippen LogP contribution in [0.15, 0.2) is 0 Å². The van der Waals surface area contributed by atoms with Crippen molar-refractivity contribution in [1.82, 2.24) is 10.2 Å². The summed E-state index contributed by atoms with van der Waals surface area (Å²) in [6.45, 7) is 3.02. The molecule has 0 aliphatic carbocycles. The number of nitrogens with zero attached hydrogens (tertiary/aromatic N) is 2. The standard InChI is InChI=1S/C9H15N3O3.CH3.Y/c1-5-9(15)12(4-7(13)11-5)6(2)8(14)10-3;;/h5-6H,4H2,1-3H3,(H2,10,11,13,14);1H3;/q;-1;/p-1/t5-,6-;;/m0../s1. The smallest absolute Gasteiger partial charge is 0.242 e. The van der Waals surface area contributed by atoms with Gasteiger partial charge >= 0.3 is 0 Å². The Morgan fingerprint density at radius 3 is 2.53 bits per heavy atom. The maximum atomic E-state index is 11.6. The van der Waals surface area contributed by atoms with Crippen molar-refractivity contribution < 1.29 is 47.1 Å². The van der Waals surface area contributed by atoms with Gasteiger partial charge in [0.2, 0.25) is 11.8 Å². The zero-order valence-corrected chi connectivity index (χ0v) is 13.4. The van der Waals surface area contributed by atoms with Crippen LogP contribution in [-0.4, -0.2) is 48.3 Å². The van der Waals surface area contributed by atoms with E-state index in [1.54, 1.807) is 13.8 Å². The Balaban J connectivity index is 0. The molecule has 1 N–H and O–H groups in total. The molecule has 2 atom stereocenters. The molecule has 0 saturated carbocycles. The summed E-state index contributed by atoms with van der Waals surface area (Å²) in [6.07, 6.45) is 0. The van der Waals surface area contributed by atoms with Crippen molar-refractivity contribution in [3.05, 3.63) is 12.7 Å². The van der Waals surface area contributed by atoms with E-state index in [1.165, 1.54) is 11.9 Å². The van der Waals surface area contributed by atoms with Gasteiger partial charge in [-0.15, -0.1) is 0 Å². The molecule has 7 heteroatoms. The molecule has 0 bridgehead atoms. The van der Waals surface area contributed by atoms with Gasteiger partial charge in [0.1, 0.15) is 6.04 Å². The molecule has 3 amide bonds. The molecule has 6 nitrogen and oxygen atoms in total. The summed E-state index contributed by atoms with van der Waals surface area (Å²) in [5.41, 5.74) is 0. The molecule has 1 heterocycles. The molecule has 0 unspecified atom stereocenters. The molecule has 0 aromatic heterocycles. The summed E-state index contributed by atoms with van der Waals surface area (Å²) in [5.74, 6) is -0.936. The van der Waals surface area contributed by atoms with Crippen molar-refractivity contribution in [2.24, 2.45) is 0 Å². The molecule has 1 radical (unpaired) electrons. The van der Waals surface area contributed by atoms with Gasteiger partial charge in [-0.05, 0) is 13.0 Å². The van der Waals surface area contributed by atoms with Crippen molar-refractivity contribution in [3.8, 4) is 0 Å². The summed E-state index contributed by atoms with van der Waals surface area (Å²) in [4.78, 5) is 35.4. The average Bonchev–Trinajstić information content (AvgIpc) is 2.21. The van der Waals surface area contributed by atoms with E-state index in [9.17, 15) is 14.4 Å². The van der Waals surface area contributed by atoms with E-state index >= 15 is 0 Å². The fraction of sp³-hybridized carbons (Fsp3) is 0.600. The number of carbonyl (C=O) groups excluding carboxylic acids is 3. The van der Waals surface area contributed by atoms with Crippen LogP contribution in [0.4, 0.5) is 0 Å². The van der Waals surface area contributed by atoms with Gasteiger partial charge in [-0.3, -0.25) is 9.59 Å². The van der Waals surface area contributed by atoms with Crippen molar-refractivity contribution in [3.63, 3.8) is 0 Å². The number of carbonyl (C=O) groups is 3. The summed E-state index contributed by atoms with van der Waals surface area (Å²) >= 11 is 0. The van der Waals surface area contributed by atoms with E-state index in [0.29, 0.717) is 0 Å². The first-order valence-corrected chi connectivity index (χ1v) is 4.73. The molecule has 95 valence electrons. The van der Waals surface area contributed by atoms with Crippen molar-refractivity contribution in [1.29, 1.82) is 0 Å². The first kappa shape index (κ1) is 18.9. The number of likely N-dealkylation sites (N-methyl/N-ethyl adjacent to an activating group) is 1. The molecule has 1 aliphatic rings. The number of hydrogen-bond acceptors (Lipinski definition) is 3. The average molecular weight is 316 g/mol. The SMILES string of the molecule is CNC(=O)[C@H](C)N1CC(=O)[N-][C@@H](C)C1=O.[CH3-].[Y]. The van der Waals surface area contributed by atoms with Gasteiger partial charge in [-0.1, -0.05) is 6.92 Å². The van der Waals surface area contributed by atoms with Crippen molar-refractivity contribution in [2.45, 2.75) is 25.9 Å². The molecular weight excluding hydrogens is 299 g/mol. The number of piperazine rings is 1. The molecule has 17 heavy (non-hydrogen) atoms. The van der Waals surface area contributed by atoms with E-state index in [4.69, 9.17) is 0 Å². The zero-order valence-electron chi connectivity index (χ0n) is 10.6. The summed E-state index contributed by atoms with van der Waals surface area (Å²) in [6, 6.07) is -1.32. The fourth-order valence-electron chi connectivity index (χ4n) is 1.45. The van der Waals surface area contributed by atoms with E-state index in [-0.39, 0.29) is 64.4 Å².